The Morgan fingerprint density at radius 3 is 2.76 bits per heavy atom. The molecule has 3 nitrogen and oxygen atoms in total. The monoisotopic (exact) mass is 237 g/mol. The number of nitrogens with one attached hydrogen (secondary N) is 1. The Kier molecular flexibility index (Phi) is 5.46. The van der Waals surface area contributed by atoms with Crippen LogP contribution in [0.25, 0.3) is 0 Å². The van der Waals surface area contributed by atoms with E-state index in [0.717, 1.165) is 24.5 Å². The van der Waals surface area contributed by atoms with Crippen molar-refractivity contribution < 1.29 is 4.39 Å². The van der Waals surface area contributed by atoms with Gasteiger partial charge in [0.05, 0.1) is 0 Å². The van der Waals surface area contributed by atoms with Gasteiger partial charge in [-0.1, -0.05) is 12.1 Å². The lowest BCUT2D eigenvalue weighted by molar-refractivity contribution is 0.583. The molecule has 0 aliphatic heterocycles. The van der Waals surface area contributed by atoms with E-state index in [1.807, 2.05) is 32.0 Å². The van der Waals surface area contributed by atoms with Gasteiger partial charge in [0, 0.05) is 27.2 Å². The highest BCUT2D eigenvalue weighted by atomic mass is 19.1. The van der Waals surface area contributed by atoms with Gasteiger partial charge in [-0.2, -0.15) is 0 Å². The van der Waals surface area contributed by atoms with Gasteiger partial charge in [-0.3, -0.25) is 4.99 Å². The molecule has 1 aromatic rings. The highest BCUT2D eigenvalue weighted by Crippen LogP contribution is 2.04. The van der Waals surface area contributed by atoms with Crippen LogP contribution in [0.5, 0.6) is 0 Å². The molecule has 0 bridgehead atoms. The first-order valence-corrected chi connectivity index (χ1v) is 5.83. The Hall–Kier alpha value is -1.58. The van der Waals surface area contributed by atoms with Crippen molar-refractivity contribution >= 4 is 5.96 Å². The van der Waals surface area contributed by atoms with Crippen LogP contribution in [0.4, 0.5) is 4.39 Å². The van der Waals surface area contributed by atoms with Gasteiger partial charge < -0.3 is 10.2 Å². The molecule has 1 rings (SSSR count). The first-order chi connectivity index (χ1) is 8.13. The van der Waals surface area contributed by atoms with Gasteiger partial charge in [0.2, 0.25) is 0 Å². The highest BCUT2D eigenvalue weighted by Gasteiger charge is 1.99. The minimum Gasteiger partial charge on any atom is -0.357 e. The van der Waals surface area contributed by atoms with Crippen molar-refractivity contribution in [2.45, 2.75) is 13.3 Å². The lowest BCUT2D eigenvalue weighted by atomic mass is 10.1. The van der Waals surface area contributed by atoms with E-state index in [9.17, 15) is 4.39 Å². The number of benzene rings is 1. The fraction of sp³-hybridized carbons (Fsp3) is 0.462. The van der Waals surface area contributed by atoms with Gasteiger partial charge in [-0.05, 0) is 31.0 Å². The lowest BCUT2D eigenvalue weighted by Crippen LogP contribution is -2.36. The minimum absolute atomic E-state index is 0.189. The van der Waals surface area contributed by atoms with Gasteiger partial charge in [0.15, 0.2) is 5.96 Å². The second kappa shape index (κ2) is 6.89. The van der Waals surface area contributed by atoms with Crippen molar-refractivity contribution in [3.8, 4) is 0 Å². The predicted molar refractivity (Wildman–Crippen MR) is 69.8 cm³/mol. The molecule has 0 heterocycles. The van der Waals surface area contributed by atoms with E-state index < -0.39 is 0 Å². The molecule has 1 aromatic carbocycles. The first-order valence-electron chi connectivity index (χ1n) is 5.83. The van der Waals surface area contributed by atoms with E-state index in [1.165, 1.54) is 6.07 Å². The molecule has 0 saturated carbocycles. The Balaban J connectivity index is 2.52. The third-order valence-electron chi connectivity index (χ3n) is 2.31. The van der Waals surface area contributed by atoms with Crippen molar-refractivity contribution in [3.63, 3.8) is 0 Å². The van der Waals surface area contributed by atoms with Crippen LogP contribution in [-0.4, -0.2) is 38.0 Å². The Morgan fingerprint density at radius 2 is 2.18 bits per heavy atom. The van der Waals surface area contributed by atoms with Crippen LogP contribution in [0.1, 0.15) is 12.5 Å². The summed E-state index contributed by atoms with van der Waals surface area (Å²) in [5, 5.41) is 3.18. The number of hydrogen-bond donors (Lipinski definition) is 1. The molecule has 0 aliphatic carbocycles. The van der Waals surface area contributed by atoms with Crippen LogP contribution >= 0.6 is 0 Å². The second-order valence-electron chi connectivity index (χ2n) is 4.01. The summed E-state index contributed by atoms with van der Waals surface area (Å²) in [6.45, 7) is 3.53. The van der Waals surface area contributed by atoms with Crippen LogP contribution in [0.15, 0.2) is 29.3 Å². The molecule has 0 spiro atoms. The zero-order valence-corrected chi connectivity index (χ0v) is 10.7. The molecule has 4 heteroatoms. The number of hydrogen-bond acceptors (Lipinski definition) is 1. The largest absolute Gasteiger partial charge is 0.357 e. The average molecular weight is 237 g/mol. The van der Waals surface area contributed by atoms with Crippen molar-refractivity contribution in [3.05, 3.63) is 35.6 Å². The summed E-state index contributed by atoms with van der Waals surface area (Å²) in [6, 6.07) is 6.65. The van der Waals surface area contributed by atoms with Crippen molar-refractivity contribution in [1.29, 1.82) is 0 Å². The maximum Gasteiger partial charge on any atom is 0.193 e. The molecular weight excluding hydrogens is 217 g/mol. The van der Waals surface area contributed by atoms with Crippen molar-refractivity contribution in [2.75, 3.05) is 27.2 Å². The quantitative estimate of drug-likeness (QED) is 0.640. The average Bonchev–Trinajstić information content (AvgIpc) is 2.28. The van der Waals surface area contributed by atoms with Crippen LogP contribution in [0, 0.1) is 5.82 Å². The number of nitrogens with zero attached hydrogens (tertiary/aromatic N) is 2. The molecule has 0 fully saturated rings. The molecule has 17 heavy (non-hydrogen) atoms. The van der Waals surface area contributed by atoms with E-state index >= 15 is 0 Å². The maximum atomic E-state index is 12.9. The zero-order valence-electron chi connectivity index (χ0n) is 10.7. The molecule has 0 atom stereocenters. The van der Waals surface area contributed by atoms with E-state index in [4.69, 9.17) is 0 Å². The predicted octanol–water partition coefficient (Wildman–Crippen LogP) is 1.90. The summed E-state index contributed by atoms with van der Waals surface area (Å²) in [5.41, 5.74) is 0.975. The standard InChI is InChI=1S/C13H20FN3/c1-4-15-13(17(2)3)16-9-8-11-6-5-7-12(14)10-11/h5-7,10H,4,8-9H2,1-3H3,(H,15,16). The van der Waals surface area contributed by atoms with Gasteiger partial charge in [0.25, 0.3) is 0 Å². The summed E-state index contributed by atoms with van der Waals surface area (Å²) in [6.07, 6.45) is 0.750. The summed E-state index contributed by atoms with van der Waals surface area (Å²) in [7, 11) is 3.90. The molecule has 1 N–H and O–H groups in total. The first kappa shape index (κ1) is 13.5. The smallest absolute Gasteiger partial charge is 0.193 e. The van der Waals surface area contributed by atoms with Gasteiger partial charge >= 0.3 is 0 Å². The maximum absolute atomic E-state index is 12.9. The van der Waals surface area contributed by atoms with Crippen LogP contribution in [-0.2, 0) is 6.42 Å². The lowest BCUT2D eigenvalue weighted by Gasteiger charge is -2.16. The number of aliphatic imine (C=N–C) groups is 1. The van der Waals surface area contributed by atoms with Gasteiger partial charge in [-0.15, -0.1) is 0 Å². The number of guanidine groups is 1. The Labute approximate surface area is 102 Å². The molecule has 0 radical (unpaired) electrons. The molecule has 0 aromatic heterocycles. The van der Waals surface area contributed by atoms with Crippen LogP contribution in [0.3, 0.4) is 0 Å². The van der Waals surface area contributed by atoms with Gasteiger partial charge in [0.1, 0.15) is 5.82 Å². The topological polar surface area (TPSA) is 27.6 Å². The second-order valence-corrected chi connectivity index (χ2v) is 4.01. The fourth-order valence-electron chi connectivity index (χ4n) is 1.50. The molecule has 0 saturated heterocycles. The SMILES string of the molecule is CCNC(=NCCc1cccc(F)c1)N(C)C. The van der Waals surface area contributed by atoms with E-state index in [0.29, 0.717) is 6.54 Å². The van der Waals surface area contributed by atoms with E-state index in [-0.39, 0.29) is 5.82 Å². The molecule has 0 amide bonds. The summed E-state index contributed by atoms with van der Waals surface area (Å²) >= 11 is 0. The zero-order chi connectivity index (χ0) is 12.7. The van der Waals surface area contributed by atoms with Crippen molar-refractivity contribution in [1.82, 2.24) is 10.2 Å². The van der Waals surface area contributed by atoms with Crippen LogP contribution in [0.2, 0.25) is 0 Å². The molecular formula is C13H20FN3. The molecule has 0 unspecified atom stereocenters. The number of halogens is 1. The third-order valence-corrected chi connectivity index (χ3v) is 2.31. The van der Waals surface area contributed by atoms with Crippen molar-refractivity contribution in [2.24, 2.45) is 4.99 Å². The Morgan fingerprint density at radius 1 is 1.41 bits per heavy atom. The third kappa shape index (κ3) is 4.85. The summed E-state index contributed by atoms with van der Waals surface area (Å²) in [5.74, 6) is 0.676. The van der Waals surface area contributed by atoms with Gasteiger partial charge in [-0.25, -0.2) is 4.39 Å². The Bertz CT molecular complexity index is 375. The van der Waals surface area contributed by atoms with E-state index in [2.05, 4.69) is 10.3 Å². The fourth-order valence-corrected chi connectivity index (χ4v) is 1.50. The molecule has 94 valence electrons. The molecule has 0 aliphatic rings. The summed E-state index contributed by atoms with van der Waals surface area (Å²) < 4.78 is 12.9. The van der Waals surface area contributed by atoms with E-state index in [1.54, 1.807) is 12.1 Å². The number of rotatable bonds is 4. The summed E-state index contributed by atoms with van der Waals surface area (Å²) in [4.78, 5) is 6.39. The van der Waals surface area contributed by atoms with Crippen LogP contribution < -0.4 is 5.32 Å². The minimum atomic E-state index is -0.189. The highest BCUT2D eigenvalue weighted by molar-refractivity contribution is 5.79. The normalized spacial score (nSPS) is 11.4.